The lowest BCUT2D eigenvalue weighted by atomic mass is 10.2. The van der Waals surface area contributed by atoms with Gasteiger partial charge >= 0.3 is 0 Å². The van der Waals surface area contributed by atoms with Crippen LogP contribution in [0.2, 0.25) is 0 Å². The van der Waals surface area contributed by atoms with E-state index in [4.69, 9.17) is 0 Å². The van der Waals surface area contributed by atoms with E-state index in [1.54, 1.807) is 6.07 Å². The van der Waals surface area contributed by atoms with Gasteiger partial charge in [-0.3, -0.25) is 10.2 Å². The first-order valence-corrected chi connectivity index (χ1v) is 4.37. The molecule has 3 nitrogen and oxygen atoms in total. The molecule has 1 amide bonds. The lowest BCUT2D eigenvalue weighted by molar-refractivity contribution is 0.0934. The first-order chi connectivity index (χ1) is 6.16. The predicted octanol–water partition coefficient (Wildman–Crippen LogP) is 1.45. The molecule has 0 aromatic heterocycles. The van der Waals surface area contributed by atoms with Crippen LogP contribution in [-0.2, 0) is 0 Å². The number of halogens is 2. The normalized spacial score (nSPS) is 9.77. The molecule has 0 saturated carbocycles. The van der Waals surface area contributed by atoms with Gasteiger partial charge in [0.2, 0.25) is 0 Å². The molecule has 13 heavy (non-hydrogen) atoms. The summed E-state index contributed by atoms with van der Waals surface area (Å²) < 4.78 is 13.5. The molecule has 5 heteroatoms. The Balaban J connectivity index is 3.01. The molecule has 0 aliphatic heterocycles. The summed E-state index contributed by atoms with van der Waals surface area (Å²) in [6, 6.07) is 4.54. The first-order valence-electron chi connectivity index (χ1n) is 3.58. The molecule has 0 spiro atoms. The number of rotatable bonds is 2. The Morgan fingerprint density at radius 1 is 1.54 bits per heavy atom. The molecule has 0 heterocycles. The highest BCUT2D eigenvalue weighted by atomic mass is 79.9. The number of nitrogens with one attached hydrogen (secondary N) is 2. The van der Waals surface area contributed by atoms with Crippen molar-refractivity contribution >= 4 is 21.8 Å². The summed E-state index contributed by atoms with van der Waals surface area (Å²) in [5, 5.41) is 0. The standard InChI is InChI=1S/C8H8BrFN2O/c1-11-12-8(13)5-3-2-4-6(9)7(5)10/h2-4,11H,1H3,(H,12,13). The number of hydrogen-bond acceptors (Lipinski definition) is 2. The Kier molecular flexibility index (Phi) is 3.39. The maximum atomic E-state index is 13.2. The van der Waals surface area contributed by atoms with Gasteiger partial charge in [-0.2, -0.15) is 0 Å². The minimum absolute atomic E-state index is 0.00345. The molecule has 0 aliphatic rings. The van der Waals surface area contributed by atoms with Crippen LogP contribution in [0.3, 0.4) is 0 Å². The molecule has 0 aliphatic carbocycles. The summed E-state index contributed by atoms with van der Waals surface area (Å²) in [6.07, 6.45) is 0. The van der Waals surface area contributed by atoms with Gasteiger partial charge in [0.15, 0.2) is 0 Å². The summed E-state index contributed by atoms with van der Waals surface area (Å²) in [4.78, 5) is 11.2. The molecule has 0 bridgehead atoms. The first kappa shape index (κ1) is 10.1. The zero-order valence-corrected chi connectivity index (χ0v) is 8.48. The van der Waals surface area contributed by atoms with E-state index in [-0.39, 0.29) is 10.0 Å². The van der Waals surface area contributed by atoms with Crippen LogP contribution in [0, 0.1) is 5.82 Å². The lowest BCUT2D eigenvalue weighted by Gasteiger charge is -2.04. The van der Waals surface area contributed by atoms with Gasteiger partial charge in [0.1, 0.15) is 5.82 Å². The van der Waals surface area contributed by atoms with Crippen LogP contribution in [-0.4, -0.2) is 13.0 Å². The predicted molar refractivity (Wildman–Crippen MR) is 50.6 cm³/mol. The number of amides is 1. The zero-order chi connectivity index (χ0) is 9.84. The monoisotopic (exact) mass is 246 g/mol. The highest BCUT2D eigenvalue weighted by Gasteiger charge is 2.12. The van der Waals surface area contributed by atoms with E-state index in [1.807, 2.05) is 0 Å². The Morgan fingerprint density at radius 2 is 2.23 bits per heavy atom. The van der Waals surface area contributed by atoms with Crippen molar-refractivity contribution in [2.75, 3.05) is 7.05 Å². The molecule has 1 aromatic rings. The van der Waals surface area contributed by atoms with Gasteiger partial charge < -0.3 is 0 Å². The van der Waals surface area contributed by atoms with E-state index in [0.717, 1.165) is 0 Å². The summed E-state index contributed by atoms with van der Waals surface area (Å²) in [5.74, 6) is -1.06. The number of hydrogen-bond donors (Lipinski definition) is 2. The summed E-state index contributed by atoms with van der Waals surface area (Å²) in [5.41, 5.74) is 4.71. The van der Waals surface area contributed by atoms with Crippen molar-refractivity contribution in [3.05, 3.63) is 34.1 Å². The van der Waals surface area contributed by atoms with E-state index in [2.05, 4.69) is 26.8 Å². The molecule has 0 unspecified atom stereocenters. The van der Waals surface area contributed by atoms with E-state index in [1.165, 1.54) is 19.2 Å². The molecular weight excluding hydrogens is 239 g/mol. The smallest absolute Gasteiger partial charge is 0.268 e. The van der Waals surface area contributed by atoms with Crippen molar-refractivity contribution in [3.8, 4) is 0 Å². The number of carbonyl (C=O) groups excluding carboxylic acids is 1. The molecule has 0 atom stereocenters. The van der Waals surface area contributed by atoms with Crippen molar-refractivity contribution in [1.29, 1.82) is 0 Å². The molecule has 1 aromatic carbocycles. The quantitative estimate of drug-likeness (QED) is 0.776. The molecule has 2 N–H and O–H groups in total. The van der Waals surface area contributed by atoms with Crippen LogP contribution in [0.5, 0.6) is 0 Å². The zero-order valence-electron chi connectivity index (χ0n) is 6.90. The van der Waals surface area contributed by atoms with E-state index >= 15 is 0 Å². The van der Waals surface area contributed by atoms with Gasteiger partial charge in [0.25, 0.3) is 5.91 Å². The SMILES string of the molecule is CNNC(=O)c1cccc(Br)c1F. The van der Waals surface area contributed by atoms with E-state index in [9.17, 15) is 9.18 Å². The number of carbonyl (C=O) groups is 1. The van der Waals surface area contributed by atoms with Crippen molar-refractivity contribution in [3.63, 3.8) is 0 Å². The second kappa shape index (κ2) is 4.34. The van der Waals surface area contributed by atoms with Crippen LogP contribution in [0.25, 0.3) is 0 Å². The van der Waals surface area contributed by atoms with Crippen LogP contribution in [0.4, 0.5) is 4.39 Å². The van der Waals surface area contributed by atoms with Crippen LogP contribution >= 0.6 is 15.9 Å². The van der Waals surface area contributed by atoms with E-state index in [0.29, 0.717) is 0 Å². The topological polar surface area (TPSA) is 41.1 Å². The summed E-state index contributed by atoms with van der Waals surface area (Å²) in [6.45, 7) is 0. The second-order valence-electron chi connectivity index (χ2n) is 2.31. The Morgan fingerprint density at radius 3 is 2.85 bits per heavy atom. The lowest BCUT2D eigenvalue weighted by Crippen LogP contribution is -2.34. The van der Waals surface area contributed by atoms with Gasteiger partial charge in [0, 0.05) is 7.05 Å². The highest BCUT2D eigenvalue weighted by Crippen LogP contribution is 2.18. The molecule has 70 valence electrons. The summed E-state index contributed by atoms with van der Waals surface area (Å²) in [7, 11) is 1.54. The Bertz CT molecular complexity index is 330. The van der Waals surface area contributed by atoms with Crippen LogP contribution in [0.15, 0.2) is 22.7 Å². The summed E-state index contributed by atoms with van der Waals surface area (Å²) >= 11 is 2.99. The number of benzene rings is 1. The maximum Gasteiger partial charge on any atom is 0.268 e. The molecular formula is C8H8BrFN2O. The Hall–Kier alpha value is -0.940. The molecule has 0 fully saturated rings. The van der Waals surface area contributed by atoms with Crippen molar-refractivity contribution in [2.45, 2.75) is 0 Å². The van der Waals surface area contributed by atoms with Gasteiger partial charge in [0.05, 0.1) is 10.0 Å². The van der Waals surface area contributed by atoms with Crippen molar-refractivity contribution in [1.82, 2.24) is 10.9 Å². The molecule has 1 rings (SSSR count). The van der Waals surface area contributed by atoms with Gasteiger partial charge in [-0.1, -0.05) is 6.07 Å². The van der Waals surface area contributed by atoms with E-state index < -0.39 is 11.7 Å². The minimum atomic E-state index is -0.560. The second-order valence-corrected chi connectivity index (χ2v) is 3.16. The fourth-order valence-electron chi connectivity index (χ4n) is 0.860. The third-order valence-electron chi connectivity index (χ3n) is 1.43. The fraction of sp³-hybridized carbons (Fsp3) is 0.125. The van der Waals surface area contributed by atoms with Crippen LogP contribution < -0.4 is 10.9 Å². The van der Waals surface area contributed by atoms with Gasteiger partial charge in [-0.25, -0.2) is 9.82 Å². The average Bonchev–Trinajstić information content (AvgIpc) is 2.10. The highest BCUT2D eigenvalue weighted by molar-refractivity contribution is 9.10. The van der Waals surface area contributed by atoms with Crippen molar-refractivity contribution in [2.24, 2.45) is 0 Å². The average molecular weight is 247 g/mol. The third kappa shape index (κ3) is 2.26. The largest absolute Gasteiger partial charge is 0.288 e. The van der Waals surface area contributed by atoms with Gasteiger partial charge in [-0.05, 0) is 28.1 Å². The third-order valence-corrected chi connectivity index (χ3v) is 2.05. The minimum Gasteiger partial charge on any atom is -0.288 e. The molecule has 0 saturated heterocycles. The fourth-order valence-corrected chi connectivity index (χ4v) is 1.23. The number of hydrazine groups is 1. The maximum absolute atomic E-state index is 13.2. The van der Waals surface area contributed by atoms with Crippen LogP contribution in [0.1, 0.15) is 10.4 Å². The van der Waals surface area contributed by atoms with Crippen molar-refractivity contribution < 1.29 is 9.18 Å². The van der Waals surface area contributed by atoms with Gasteiger partial charge in [-0.15, -0.1) is 0 Å². The molecule has 0 radical (unpaired) electrons. The Labute approximate surface area is 83.4 Å².